The third-order valence-corrected chi connectivity index (χ3v) is 9.85. The van der Waals surface area contributed by atoms with Gasteiger partial charge in [-0.15, -0.1) is 11.3 Å². The fraction of sp³-hybridized carbons (Fsp3) is 0. The van der Waals surface area contributed by atoms with E-state index in [1.54, 1.807) is 11.3 Å². The summed E-state index contributed by atoms with van der Waals surface area (Å²) in [5.74, 6) is 0. The monoisotopic (exact) mass is 578 g/mol. The number of rotatable bonds is 4. The highest BCUT2D eigenvalue weighted by molar-refractivity contribution is 7.26. The lowest BCUT2D eigenvalue weighted by molar-refractivity contribution is 1.32. The van der Waals surface area contributed by atoms with Crippen molar-refractivity contribution >= 4 is 81.0 Å². The van der Waals surface area contributed by atoms with Crippen LogP contribution in [0.2, 0.25) is 0 Å². The number of thiophene rings is 1. The molecule has 3 heteroatoms. The second kappa shape index (κ2) is 10.0. The lowest BCUT2D eigenvalue weighted by Gasteiger charge is -2.28. The zero-order valence-corrected chi connectivity index (χ0v) is 24.6. The average molecular weight is 579 g/mol. The lowest BCUT2D eigenvalue weighted by Crippen LogP contribution is -2.11. The fourth-order valence-corrected chi connectivity index (χ4v) is 7.83. The van der Waals surface area contributed by atoms with Crippen molar-refractivity contribution in [3.8, 4) is 11.1 Å². The summed E-state index contributed by atoms with van der Waals surface area (Å²) in [5.41, 5.74) is 5.85. The van der Waals surface area contributed by atoms with E-state index in [0.29, 0.717) is 0 Å². The molecule has 206 valence electrons. The zero-order chi connectivity index (χ0) is 29.0. The van der Waals surface area contributed by atoms with Crippen molar-refractivity contribution in [1.82, 2.24) is 4.98 Å². The first-order valence-corrected chi connectivity index (χ1v) is 15.7. The molecular weight excluding hydrogens is 553 g/mol. The molecule has 2 aromatic heterocycles. The molecule has 0 aliphatic rings. The molecule has 0 radical (unpaired) electrons. The highest BCUT2D eigenvalue weighted by Gasteiger charge is 2.21. The van der Waals surface area contributed by atoms with Crippen molar-refractivity contribution in [2.75, 3.05) is 4.90 Å². The summed E-state index contributed by atoms with van der Waals surface area (Å²) < 4.78 is 1.23. The predicted molar refractivity (Wildman–Crippen MR) is 190 cm³/mol. The molecule has 9 aromatic rings. The Kier molecular flexibility index (Phi) is 5.71. The standard InChI is InChI=1S/C41H26N2S/c1-2-10-27(11-3-1)28-21-23-31(24-22-28)43(37-18-8-16-35-36-17-9-25-42-41(36)44-40(35)37)38-26-30-20-19-29-12-4-5-13-32(29)39(30)34-15-7-6-14-33(34)38/h1-26H. The second-order valence-electron chi connectivity index (χ2n) is 11.2. The molecule has 9 rings (SSSR count). The van der Waals surface area contributed by atoms with Crippen molar-refractivity contribution in [3.05, 3.63) is 158 Å². The van der Waals surface area contributed by atoms with Gasteiger partial charge >= 0.3 is 0 Å². The van der Waals surface area contributed by atoms with Gasteiger partial charge in [-0.05, 0) is 74.5 Å². The second-order valence-corrected chi connectivity index (χ2v) is 12.2. The Balaban J connectivity index is 1.36. The van der Waals surface area contributed by atoms with Crippen molar-refractivity contribution < 1.29 is 0 Å². The minimum Gasteiger partial charge on any atom is -0.308 e. The summed E-state index contributed by atoms with van der Waals surface area (Å²) in [7, 11) is 0. The largest absolute Gasteiger partial charge is 0.308 e. The van der Waals surface area contributed by atoms with Gasteiger partial charge in [0.05, 0.1) is 16.1 Å². The molecule has 0 aliphatic carbocycles. The molecular formula is C41H26N2S. The molecule has 0 fully saturated rings. The number of pyridine rings is 1. The maximum Gasteiger partial charge on any atom is 0.124 e. The SMILES string of the molecule is c1ccc(-c2ccc(N(c3cc4ccc5ccccc5c4c4ccccc34)c3cccc4c3sc3ncccc34)cc2)cc1. The Morgan fingerprint density at radius 1 is 0.455 bits per heavy atom. The van der Waals surface area contributed by atoms with E-state index in [9.17, 15) is 0 Å². The third-order valence-electron chi connectivity index (χ3n) is 8.69. The van der Waals surface area contributed by atoms with Crippen molar-refractivity contribution in [1.29, 1.82) is 0 Å². The number of aromatic nitrogens is 1. The highest BCUT2D eigenvalue weighted by atomic mass is 32.1. The summed E-state index contributed by atoms with van der Waals surface area (Å²) in [5, 5.41) is 9.98. The lowest BCUT2D eigenvalue weighted by atomic mass is 9.94. The maximum absolute atomic E-state index is 4.73. The van der Waals surface area contributed by atoms with E-state index in [1.807, 2.05) is 12.3 Å². The van der Waals surface area contributed by atoms with Crippen LogP contribution in [0.15, 0.2) is 158 Å². The summed E-state index contributed by atoms with van der Waals surface area (Å²) in [4.78, 5) is 8.24. The zero-order valence-electron chi connectivity index (χ0n) is 23.8. The van der Waals surface area contributed by atoms with Gasteiger partial charge in [-0.25, -0.2) is 4.98 Å². The molecule has 0 amide bonds. The minimum absolute atomic E-state index is 1.06. The van der Waals surface area contributed by atoms with Crippen LogP contribution >= 0.6 is 11.3 Å². The van der Waals surface area contributed by atoms with E-state index in [1.165, 1.54) is 58.9 Å². The molecule has 0 atom stereocenters. The molecule has 0 spiro atoms. The van der Waals surface area contributed by atoms with Crippen LogP contribution in [0.1, 0.15) is 0 Å². The van der Waals surface area contributed by atoms with Crippen LogP contribution < -0.4 is 4.90 Å². The normalized spacial score (nSPS) is 11.6. The fourth-order valence-electron chi connectivity index (χ4n) is 6.68. The van der Waals surface area contributed by atoms with Crippen molar-refractivity contribution in [2.24, 2.45) is 0 Å². The number of anilines is 3. The van der Waals surface area contributed by atoms with Crippen molar-refractivity contribution in [3.63, 3.8) is 0 Å². The van der Waals surface area contributed by atoms with E-state index in [2.05, 4.69) is 150 Å². The first-order valence-electron chi connectivity index (χ1n) is 14.9. The molecule has 0 saturated heterocycles. The summed E-state index contributed by atoms with van der Waals surface area (Å²) in [6.45, 7) is 0. The Hall–Kier alpha value is -5.51. The van der Waals surface area contributed by atoms with Gasteiger partial charge in [-0.3, -0.25) is 0 Å². The molecule has 0 aliphatic heterocycles. The van der Waals surface area contributed by atoms with Gasteiger partial charge in [0.25, 0.3) is 0 Å². The van der Waals surface area contributed by atoms with Crippen LogP contribution in [0.5, 0.6) is 0 Å². The van der Waals surface area contributed by atoms with Gasteiger partial charge in [0.2, 0.25) is 0 Å². The molecule has 0 bridgehead atoms. The van der Waals surface area contributed by atoms with Crippen LogP contribution in [0, 0.1) is 0 Å². The average Bonchev–Trinajstić information content (AvgIpc) is 3.48. The van der Waals surface area contributed by atoms with Gasteiger partial charge in [-0.1, -0.05) is 115 Å². The van der Waals surface area contributed by atoms with Crippen LogP contribution in [0.4, 0.5) is 17.1 Å². The quantitative estimate of drug-likeness (QED) is 0.193. The summed E-state index contributed by atoms with van der Waals surface area (Å²) >= 11 is 1.76. The first kappa shape index (κ1) is 25.0. The van der Waals surface area contributed by atoms with Gasteiger partial charge in [0.1, 0.15) is 4.83 Å². The topological polar surface area (TPSA) is 16.1 Å². The number of hydrogen-bond acceptors (Lipinski definition) is 3. The maximum atomic E-state index is 4.73. The van der Waals surface area contributed by atoms with E-state index in [4.69, 9.17) is 4.98 Å². The minimum atomic E-state index is 1.06. The molecule has 0 N–H and O–H groups in total. The molecule has 2 heterocycles. The number of hydrogen-bond donors (Lipinski definition) is 0. The van der Waals surface area contributed by atoms with Gasteiger partial charge < -0.3 is 4.90 Å². The van der Waals surface area contributed by atoms with Crippen LogP contribution in [-0.2, 0) is 0 Å². The molecule has 2 nitrogen and oxygen atoms in total. The van der Waals surface area contributed by atoms with Crippen molar-refractivity contribution in [2.45, 2.75) is 0 Å². The third kappa shape index (κ3) is 3.90. The van der Waals surface area contributed by atoms with Gasteiger partial charge in [0, 0.05) is 28.0 Å². The van der Waals surface area contributed by atoms with Crippen LogP contribution in [0.25, 0.3) is 63.7 Å². The smallest absolute Gasteiger partial charge is 0.124 e. The highest BCUT2D eigenvalue weighted by Crippen LogP contribution is 2.48. The summed E-state index contributed by atoms with van der Waals surface area (Å²) in [6.07, 6.45) is 1.89. The number of benzene rings is 7. The molecule has 7 aromatic carbocycles. The number of fused-ring (bicyclic) bond motifs is 8. The Morgan fingerprint density at radius 2 is 1.14 bits per heavy atom. The predicted octanol–water partition coefficient (Wildman–Crippen LogP) is 12.0. The Labute approximate surface area is 259 Å². The van der Waals surface area contributed by atoms with E-state index in [0.717, 1.165) is 21.9 Å². The Bertz CT molecular complexity index is 2490. The summed E-state index contributed by atoms with van der Waals surface area (Å²) in [6, 6.07) is 54.9. The van der Waals surface area contributed by atoms with Crippen LogP contribution in [-0.4, -0.2) is 4.98 Å². The van der Waals surface area contributed by atoms with Crippen LogP contribution in [0.3, 0.4) is 0 Å². The molecule has 0 saturated carbocycles. The van der Waals surface area contributed by atoms with E-state index in [-0.39, 0.29) is 0 Å². The number of nitrogens with zero attached hydrogens (tertiary/aromatic N) is 2. The van der Waals surface area contributed by atoms with E-state index >= 15 is 0 Å². The Morgan fingerprint density at radius 3 is 2.00 bits per heavy atom. The van der Waals surface area contributed by atoms with Gasteiger partial charge in [0.15, 0.2) is 0 Å². The van der Waals surface area contributed by atoms with E-state index < -0.39 is 0 Å². The van der Waals surface area contributed by atoms with Gasteiger partial charge in [-0.2, -0.15) is 0 Å². The first-order chi connectivity index (χ1) is 21.8. The molecule has 44 heavy (non-hydrogen) atoms. The molecule has 0 unspecified atom stereocenters.